The van der Waals surface area contributed by atoms with Gasteiger partial charge in [0.15, 0.2) is 5.78 Å². The molecule has 0 heterocycles. The van der Waals surface area contributed by atoms with Gasteiger partial charge in [0.05, 0.1) is 12.0 Å². The van der Waals surface area contributed by atoms with E-state index in [0.717, 1.165) is 18.5 Å². The van der Waals surface area contributed by atoms with Crippen molar-refractivity contribution in [1.82, 2.24) is 0 Å². The van der Waals surface area contributed by atoms with Crippen molar-refractivity contribution in [1.29, 1.82) is 0 Å². The average Bonchev–Trinajstić information content (AvgIpc) is 2.15. The zero-order chi connectivity index (χ0) is 11.4. The summed E-state index contributed by atoms with van der Waals surface area (Å²) in [6, 6.07) is 0. The summed E-state index contributed by atoms with van der Waals surface area (Å²) in [5.74, 6) is -1.18. The quantitative estimate of drug-likeness (QED) is 0.525. The molecule has 0 aliphatic rings. The SMILES string of the molecule is CCC(C)(C)C(=O)C(C)C(=O)OSC. The number of Topliss-reactive ketones (excluding diaryl/α,β-unsaturated/α-hetero) is 1. The van der Waals surface area contributed by atoms with Gasteiger partial charge in [-0.05, 0) is 13.3 Å². The zero-order valence-electron chi connectivity index (χ0n) is 9.42. The fraction of sp³-hybridized carbons (Fsp3) is 0.800. The van der Waals surface area contributed by atoms with Gasteiger partial charge in [-0.25, -0.2) is 0 Å². The molecule has 0 spiro atoms. The summed E-state index contributed by atoms with van der Waals surface area (Å²) < 4.78 is 4.72. The summed E-state index contributed by atoms with van der Waals surface area (Å²) in [6.07, 6.45) is 2.38. The van der Waals surface area contributed by atoms with E-state index in [0.29, 0.717) is 0 Å². The van der Waals surface area contributed by atoms with Gasteiger partial charge in [0, 0.05) is 11.7 Å². The minimum absolute atomic E-state index is 0.0564. The lowest BCUT2D eigenvalue weighted by Gasteiger charge is -2.23. The highest BCUT2D eigenvalue weighted by molar-refractivity contribution is 7.94. The molecule has 0 radical (unpaired) electrons. The molecule has 0 aromatic heterocycles. The van der Waals surface area contributed by atoms with E-state index in [1.54, 1.807) is 13.2 Å². The van der Waals surface area contributed by atoms with Gasteiger partial charge in [-0.2, -0.15) is 0 Å². The van der Waals surface area contributed by atoms with Gasteiger partial charge >= 0.3 is 5.97 Å². The molecule has 0 rings (SSSR count). The first-order valence-electron chi connectivity index (χ1n) is 4.65. The molecule has 82 valence electrons. The number of carbonyl (C=O) groups excluding carboxylic acids is 2. The molecule has 0 saturated carbocycles. The average molecular weight is 218 g/mol. The van der Waals surface area contributed by atoms with Crippen LogP contribution in [0.25, 0.3) is 0 Å². The highest BCUT2D eigenvalue weighted by atomic mass is 32.2. The van der Waals surface area contributed by atoms with E-state index in [9.17, 15) is 9.59 Å². The highest BCUT2D eigenvalue weighted by Gasteiger charge is 2.34. The molecule has 0 N–H and O–H groups in total. The van der Waals surface area contributed by atoms with Crippen LogP contribution in [0.15, 0.2) is 0 Å². The Morgan fingerprint density at radius 2 is 1.93 bits per heavy atom. The molecule has 4 heteroatoms. The van der Waals surface area contributed by atoms with Gasteiger partial charge in [0.2, 0.25) is 0 Å². The van der Waals surface area contributed by atoms with Crippen LogP contribution in [-0.4, -0.2) is 18.0 Å². The number of rotatable bonds is 5. The summed E-state index contributed by atoms with van der Waals surface area (Å²) in [6.45, 7) is 7.22. The van der Waals surface area contributed by atoms with E-state index in [1.807, 2.05) is 20.8 Å². The number of carbonyl (C=O) groups is 2. The monoisotopic (exact) mass is 218 g/mol. The highest BCUT2D eigenvalue weighted by Crippen LogP contribution is 2.26. The van der Waals surface area contributed by atoms with Crippen molar-refractivity contribution >= 4 is 23.8 Å². The second-order valence-electron chi connectivity index (χ2n) is 3.89. The molecule has 0 aromatic rings. The van der Waals surface area contributed by atoms with E-state index in [-0.39, 0.29) is 5.78 Å². The lowest BCUT2D eigenvalue weighted by atomic mass is 9.80. The van der Waals surface area contributed by atoms with Gasteiger partial charge in [-0.1, -0.05) is 20.8 Å². The first-order valence-corrected chi connectivity index (χ1v) is 5.80. The maximum atomic E-state index is 11.8. The zero-order valence-corrected chi connectivity index (χ0v) is 10.2. The predicted octanol–water partition coefficient (Wildman–Crippen LogP) is 2.45. The Hall–Kier alpha value is -0.510. The molecule has 0 aromatic carbocycles. The molecule has 0 fully saturated rings. The maximum Gasteiger partial charge on any atom is 0.328 e. The molecular formula is C10H18O3S. The van der Waals surface area contributed by atoms with Gasteiger partial charge in [-0.15, -0.1) is 0 Å². The Bertz CT molecular complexity index is 223. The van der Waals surface area contributed by atoms with Crippen LogP contribution >= 0.6 is 12.0 Å². The smallest absolute Gasteiger partial charge is 0.328 e. The first kappa shape index (κ1) is 13.5. The summed E-state index contributed by atoms with van der Waals surface area (Å²) in [5, 5.41) is 0. The Morgan fingerprint density at radius 1 is 1.43 bits per heavy atom. The van der Waals surface area contributed by atoms with Crippen molar-refractivity contribution in [2.45, 2.75) is 34.1 Å². The van der Waals surface area contributed by atoms with Gasteiger partial charge in [0.1, 0.15) is 5.92 Å². The van der Waals surface area contributed by atoms with Crippen LogP contribution < -0.4 is 0 Å². The fourth-order valence-corrected chi connectivity index (χ4v) is 1.33. The minimum Gasteiger partial charge on any atom is -0.391 e. The Kier molecular flexibility index (Phi) is 5.19. The van der Waals surface area contributed by atoms with Crippen LogP contribution in [-0.2, 0) is 13.8 Å². The molecule has 0 bridgehead atoms. The van der Waals surface area contributed by atoms with Gasteiger partial charge in [-0.3, -0.25) is 9.59 Å². The molecule has 1 atom stereocenters. The van der Waals surface area contributed by atoms with Crippen molar-refractivity contribution in [3.8, 4) is 0 Å². The number of hydrogen-bond donors (Lipinski definition) is 0. The summed E-state index contributed by atoms with van der Waals surface area (Å²) in [5.41, 5.74) is -0.448. The molecule has 1 unspecified atom stereocenters. The van der Waals surface area contributed by atoms with Crippen LogP contribution in [0.2, 0.25) is 0 Å². The van der Waals surface area contributed by atoms with Crippen molar-refractivity contribution in [2.24, 2.45) is 11.3 Å². The molecular weight excluding hydrogens is 200 g/mol. The largest absolute Gasteiger partial charge is 0.391 e. The van der Waals surface area contributed by atoms with Crippen LogP contribution in [0, 0.1) is 11.3 Å². The van der Waals surface area contributed by atoms with E-state index < -0.39 is 17.3 Å². The molecule has 0 aliphatic carbocycles. The first-order chi connectivity index (χ1) is 6.36. The maximum absolute atomic E-state index is 11.8. The van der Waals surface area contributed by atoms with Gasteiger partial charge in [0.25, 0.3) is 0 Å². The van der Waals surface area contributed by atoms with E-state index in [1.165, 1.54) is 0 Å². The molecule has 0 aliphatic heterocycles. The number of hydrogen-bond acceptors (Lipinski definition) is 4. The van der Waals surface area contributed by atoms with Crippen molar-refractivity contribution in [3.63, 3.8) is 0 Å². The Labute approximate surface area is 89.8 Å². The van der Waals surface area contributed by atoms with E-state index >= 15 is 0 Å². The summed E-state index contributed by atoms with van der Waals surface area (Å²) in [4.78, 5) is 23.1. The van der Waals surface area contributed by atoms with Crippen molar-refractivity contribution in [2.75, 3.05) is 6.26 Å². The summed E-state index contributed by atoms with van der Waals surface area (Å²) in [7, 11) is 0. The third-order valence-corrected chi connectivity index (χ3v) is 2.79. The second kappa shape index (κ2) is 5.39. The van der Waals surface area contributed by atoms with E-state index in [4.69, 9.17) is 4.18 Å². The lowest BCUT2D eigenvalue weighted by Crippen LogP contribution is -2.33. The normalized spacial score (nSPS) is 13.5. The molecule has 3 nitrogen and oxygen atoms in total. The van der Waals surface area contributed by atoms with Crippen LogP contribution in [0.1, 0.15) is 34.1 Å². The minimum atomic E-state index is -0.669. The van der Waals surface area contributed by atoms with E-state index in [2.05, 4.69) is 0 Å². The fourth-order valence-electron chi connectivity index (χ4n) is 1.02. The van der Waals surface area contributed by atoms with Crippen LogP contribution in [0.3, 0.4) is 0 Å². The topological polar surface area (TPSA) is 43.4 Å². The molecule has 0 saturated heterocycles. The third-order valence-electron chi connectivity index (χ3n) is 2.46. The van der Waals surface area contributed by atoms with Crippen molar-refractivity contribution < 1.29 is 13.8 Å². The summed E-state index contributed by atoms with van der Waals surface area (Å²) >= 11 is 0.972. The molecule has 14 heavy (non-hydrogen) atoms. The second-order valence-corrected chi connectivity index (χ2v) is 4.39. The lowest BCUT2D eigenvalue weighted by molar-refractivity contribution is -0.145. The van der Waals surface area contributed by atoms with Gasteiger partial charge < -0.3 is 4.18 Å². The predicted molar refractivity (Wildman–Crippen MR) is 57.9 cm³/mol. The third kappa shape index (κ3) is 3.33. The van der Waals surface area contributed by atoms with Crippen LogP contribution in [0.4, 0.5) is 0 Å². The molecule has 0 amide bonds. The van der Waals surface area contributed by atoms with Crippen LogP contribution in [0.5, 0.6) is 0 Å². The Morgan fingerprint density at radius 3 is 2.29 bits per heavy atom. The Balaban J connectivity index is 4.46. The standard InChI is InChI=1S/C10H18O3S/c1-6-10(3,4)8(11)7(2)9(12)13-14-5/h7H,6H2,1-5H3. The van der Waals surface area contributed by atoms with Crippen molar-refractivity contribution in [3.05, 3.63) is 0 Å². The number of ketones is 1.